The van der Waals surface area contributed by atoms with E-state index in [4.69, 9.17) is 0 Å². The van der Waals surface area contributed by atoms with Crippen molar-refractivity contribution in [1.29, 1.82) is 0 Å². The summed E-state index contributed by atoms with van der Waals surface area (Å²) in [6.45, 7) is 0. The second kappa shape index (κ2) is 4.70. The summed E-state index contributed by atoms with van der Waals surface area (Å²) in [7, 11) is 4.06. The van der Waals surface area contributed by atoms with E-state index in [2.05, 4.69) is 56.3 Å². The van der Waals surface area contributed by atoms with Crippen LogP contribution < -0.4 is 4.90 Å². The smallest absolute Gasteiger partial charge is 0.139 e. The molecule has 0 saturated heterocycles. The Kier molecular flexibility index (Phi) is 3.03. The van der Waals surface area contributed by atoms with Gasteiger partial charge in [-0.2, -0.15) is 0 Å². The van der Waals surface area contributed by atoms with Crippen LogP contribution in [0, 0.1) is 0 Å². The maximum absolute atomic E-state index is 4.68. The van der Waals surface area contributed by atoms with Crippen molar-refractivity contribution in [2.75, 3.05) is 19.0 Å². The van der Waals surface area contributed by atoms with Crippen molar-refractivity contribution in [3.8, 4) is 11.3 Å². The van der Waals surface area contributed by atoms with Gasteiger partial charge in [-0.25, -0.2) is 4.98 Å². The molecule has 3 nitrogen and oxygen atoms in total. The third kappa shape index (κ3) is 2.36. The van der Waals surface area contributed by atoms with Crippen LogP contribution >= 0.6 is 15.9 Å². The summed E-state index contributed by atoms with van der Waals surface area (Å²) in [5.74, 6) is 0. The molecule has 0 atom stereocenters. The first-order valence-electron chi connectivity index (χ1n) is 6.05. The Hall–Kier alpha value is -1.81. The zero-order chi connectivity index (χ0) is 13.4. The van der Waals surface area contributed by atoms with Crippen molar-refractivity contribution in [1.82, 2.24) is 9.38 Å². The summed E-state index contributed by atoms with van der Waals surface area (Å²) in [5.41, 5.74) is 4.23. The number of nitrogens with zero attached hydrogens (tertiary/aromatic N) is 3. The van der Waals surface area contributed by atoms with Gasteiger partial charge in [0.2, 0.25) is 0 Å². The minimum atomic E-state index is 0.962. The van der Waals surface area contributed by atoms with Gasteiger partial charge in [0.25, 0.3) is 0 Å². The molecule has 0 saturated carbocycles. The third-order valence-electron chi connectivity index (χ3n) is 3.10. The molecule has 0 N–H and O–H groups in total. The average molecular weight is 316 g/mol. The Labute approximate surface area is 120 Å². The van der Waals surface area contributed by atoms with Crippen LogP contribution in [0.25, 0.3) is 16.9 Å². The Morgan fingerprint density at radius 2 is 1.84 bits per heavy atom. The number of anilines is 1. The van der Waals surface area contributed by atoms with E-state index in [1.807, 2.05) is 36.8 Å². The molecule has 0 amide bonds. The van der Waals surface area contributed by atoms with Crippen LogP contribution in [0.1, 0.15) is 0 Å². The van der Waals surface area contributed by atoms with E-state index in [1.54, 1.807) is 0 Å². The highest BCUT2D eigenvalue weighted by molar-refractivity contribution is 9.10. The van der Waals surface area contributed by atoms with Gasteiger partial charge < -0.3 is 9.30 Å². The average Bonchev–Trinajstić information content (AvgIpc) is 2.82. The van der Waals surface area contributed by atoms with E-state index in [0.717, 1.165) is 27.1 Å². The van der Waals surface area contributed by atoms with E-state index >= 15 is 0 Å². The molecular weight excluding hydrogens is 302 g/mol. The minimum Gasteiger partial charge on any atom is -0.378 e. The van der Waals surface area contributed by atoms with Crippen LogP contribution in [-0.4, -0.2) is 23.5 Å². The number of benzene rings is 1. The second-order valence-electron chi connectivity index (χ2n) is 4.68. The summed E-state index contributed by atoms with van der Waals surface area (Å²) < 4.78 is 3.12. The third-order valence-corrected chi connectivity index (χ3v) is 3.63. The molecule has 0 aliphatic carbocycles. The van der Waals surface area contributed by atoms with Crippen molar-refractivity contribution >= 4 is 27.3 Å². The van der Waals surface area contributed by atoms with Crippen LogP contribution in [-0.2, 0) is 0 Å². The maximum atomic E-state index is 4.68. The molecule has 0 aliphatic rings. The van der Waals surface area contributed by atoms with Crippen LogP contribution in [0.5, 0.6) is 0 Å². The molecule has 0 unspecified atom stereocenters. The van der Waals surface area contributed by atoms with Crippen molar-refractivity contribution in [2.45, 2.75) is 0 Å². The molecule has 1 aromatic carbocycles. The zero-order valence-corrected chi connectivity index (χ0v) is 12.4. The normalized spacial score (nSPS) is 10.9. The van der Waals surface area contributed by atoms with Gasteiger partial charge in [-0.3, -0.25) is 0 Å². The van der Waals surface area contributed by atoms with E-state index in [9.17, 15) is 0 Å². The minimum absolute atomic E-state index is 0.962. The monoisotopic (exact) mass is 315 g/mol. The maximum Gasteiger partial charge on any atom is 0.139 e. The van der Waals surface area contributed by atoms with E-state index < -0.39 is 0 Å². The number of imidazole rings is 1. The van der Waals surface area contributed by atoms with Crippen LogP contribution in [0.15, 0.2) is 53.3 Å². The molecule has 96 valence electrons. The van der Waals surface area contributed by atoms with Crippen molar-refractivity contribution in [2.24, 2.45) is 0 Å². The molecule has 3 rings (SSSR count). The summed E-state index contributed by atoms with van der Waals surface area (Å²) in [4.78, 5) is 6.75. The molecule has 2 aromatic heterocycles. The summed E-state index contributed by atoms with van der Waals surface area (Å²) >= 11 is 3.45. The topological polar surface area (TPSA) is 20.5 Å². The molecule has 2 heterocycles. The van der Waals surface area contributed by atoms with Gasteiger partial charge in [-0.05, 0) is 18.2 Å². The van der Waals surface area contributed by atoms with Crippen molar-refractivity contribution in [3.63, 3.8) is 0 Å². The summed E-state index contributed by atoms with van der Waals surface area (Å²) in [6, 6.07) is 12.4. The fourth-order valence-electron chi connectivity index (χ4n) is 2.01. The number of hydrogen-bond donors (Lipinski definition) is 0. The number of fused-ring (bicyclic) bond motifs is 1. The molecule has 0 bridgehead atoms. The highest BCUT2D eigenvalue weighted by atomic mass is 79.9. The van der Waals surface area contributed by atoms with Gasteiger partial charge in [0, 0.05) is 48.3 Å². The first-order valence-corrected chi connectivity index (χ1v) is 6.85. The van der Waals surface area contributed by atoms with Crippen LogP contribution in [0.2, 0.25) is 0 Å². The number of rotatable bonds is 2. The van der Waals surface area contributed by atoms with Gasteiger partial charge in [-0.1, -0.05) is 28.1 Å². The lowest BCUT2D eigenvalue weighted by Crippen LogP contribution is -2.08. The highest BCUT2D eigenvalue weighted by Gasteiger charge is 2.05. The molecule has 0 radical (unpaired) electrons. The van der Waals surface area contributed by atoms with Crippen LogP contribution in [0.4, 0.5) is 5.69 Å². The summed E-state index contributed by atoms with van der Waals surface area (Å²) in [5, 5.41) is 0. The number of aromatic nitrogens is 2. The first kappa shape index (κ1) is 12.2. The van der Waals surface area contributed by atoms with Crippen molar-refractivity contribution in [3.05, 3.63) is 53.3 Å². The zero-order valence-electron chi connectivity index (χ0n) is 10.8. The fourth-order valence-corrected chi connectivity index (χ4v) is 2.27. The molecule has 3 aromatic rings. The number of halogens is 1. The second-order valence-corrected chi connectivity index (χ2v) is 5.59. The lowest BCUT2D eigenvalue weighted by molar-refractivity contribution is 1.10. The lowest BCUT2D eigenvalue weighted by atomic mass is 10.2. The van der Waals surface area contributed by atoms with Gasteiger partial charge in [-0.15, -0.1) is 0 Å². The van der Waals surface area contributed by atoms with E-state index in [1.165, 1.54) is 0 Å². The first-order chi connectivity index (χ1) is 9.13. The standard InChI is InChI=1S/C15H14BrN3/c1-18(2)13-7-8-19-10-14(17-15(19)9-13)11-3-5-12(16)6-4-11/h3-10H,1-2H3. The van der Waals surface area contributed by atoms with Gasteiger partial charge in [0.15, 0.2) is 0 Å². The Bertz CT molecular complexity index is 714. The van der Waals surface area contributed by atoms with Gasteiger partial charge >= 0.3 is 0 Å². The highest BCUT2D eigenvalue weighted by Crippen LogP contribution is 2.23. The fraction of sp³-hybridized carbons (Fsp3) is 0.133. The van der Waals surface area contributed by atoms with E-state index in [0.29, 0.717) is 0 Å². The SMILES string of the molecule is CN(C)c1ccn2cc(-c3ccc(Br)cc3)nc2c1. The van der Waals surface area contributed by atoms with Crippen molar-refractivity contribution < 1.29 is 0 Å². The lowest BCUT2D eigenvalue weighted by Gasteiger charge is -2.11. The molecule has 0 aliphatic heterocycles. The molecule has 0 spiro atoms. The van der Waals surface area contributed by atoms with Gasteiger partial charge in [0.1, 0.15) is 5.65 Å². The Balaban J connectivity index is 2.08. The molecule has 0 fully saturated rings. The molecule has 19 heavy (non-hydrogen) atoms. The molecule has 4 heteroatoms. The van der Waals surface area contributed by atoms with E-state index in [-0.39, 0.29) is 0 Å². The van der Waals surface area contributed by atoms with Gasteiger partial charge in [0.05, 0.1) is 5.69 Å². The summed E-state index contributed by atoms with van der Waals surface area (Å²) in [6.07, 6.45) is 4.10. The Morgan fingerprint density at radius 3 is 2.53 bits per heavy atom. The predicted octanol–water partition coefficient (Wildman–Crippen LogP) is 3.83. The number of hydrogen-bond acceptors (Lipinski definition) is 2. The Morgan fingerprint density at radius 1 is 1.11 bits per heavy atom. The van der Waals surface area contributed by atoms with Crippen LogP contribution in [0.3, 0.4) is 0 Å². The quantitative estimate of drug-likeness (QED) is 0.716. The molecular formula is C15H14BrN3. The largest absolute Gasteiger partial charge is 0.378 e. The predicted molar refractivity (Wildman–Crippen MR) is 82.7 cm³/mol. The number of pyridine rings is 1.